The Morgan fingerprint density at radius 3 is 1.12 bits per heavy atom. The molecule has 0 amide bonds. The molecule has 0 N–H and O–H groups in total. The van der Waals surface area contributed by atoms with Crippen LogP contribution in [0, 0.1) is 0 Å². The Kier molecular flexibility index (Phi) is 45.1. The van der Waals surface area contributed by atoms with Crippen molar-refractivity contribution in [3.05, 3.63) is 97.2 Å². The molecule has 0 bridgehead atoms. The van der Waals surface area contributed by atoms with Gasteiger partial charge in [0.1, 0.15) is 13.2 Å². The zero-order valence-corrected chi connectivity index (χ0v) is 38.7. The summed E-state index contributed by atoms with van der Waals surface area (Å²) in [5.41, 5.74) is 0. The van der Waals surface area contributed by atoms with Crippen molar-refractivity contribution in [2.75, 3.05) is 13.2 Å². The first-order valence-electron chi connectivity index (χ1n) is 24.2. The van der Waals surface area contributed by atoms with E-state index in [9.17, 15) is 14.4 Å². The second-order valence-electron chi connectivity index (χ2n) is 15.6. The second-order valence-corrected chi connectivity index (χ2v) is 15.6. The maximum Gasteiger partial charge on any atom is 0.306 e. The number of allylic oxidation sites excluding steroid dienone is 16. The monoisotopic (exact) mass is 833 g/mol. The van der Waals surface area contributed by atoms with Gasteiger partial charge in [-0.3, -0.25) is 14.4 Å². The van der Waals surface area contributed by atoms with Gasteiger partial charge in [-0.25, -0.2) is 0 Å². The van der Waals surface area contributed by atoms with Gasteiger partial charge in [-0.1, -0.05) is 201 Å². The summed E-state index contributed by atoms with van der Waals surface area (Å²) in [6.07, 6.45) is 62.6. The predicted octanol–water partition coefficient (Wildman–Crippen LogP) is 15.8. The highest BCUT2D eigenvalue weighted by atomic mass is 16.6. The van der Waals surface area contributed by atoms with E-state index in [1.807, 2.05) is 12.2 Å². The number of ether oxygens (including phenoxy) is 3. The van der Waals surface area contributed by atoms with Crippen molar-refractivity contribution in [3.63, 3.8) is 0 Å². The molecular weight excluding hydrogens is 745 g/mol. The van der Waals surface area contributed by atoms with E-state index in [0.29, 0.717) is 19.3 Å². The number of hydrogen-bond acceptors (Lipinski definition) is 6. The Hall–Kier alpha value is -3.67. The van der Waals surface area contributed by atoms with Crippen molar-refractivity contribution >= 4 is 17.9 Å². The number of carbonyl (C=O) groups excluding carboxylic acids is 3. The maximum atomic E-state index is 12.8. The fraction of sp³-hybridized carbons (Fsp3) is 0.648. The van der Waals surface area contributed by atoms with Crippen LogP contribution in [0.4, 0.5) is 0 Å². The minimum atomic E-state index is -0.812. The first kappa shape index (κ1) is 56.3. The van der Waals surface area contributed by atoms with Crippen molar-refractivity contribution < 1.29 is 28.6 Å². The van der Waals surface area contributed by atoms with E-state index in [1.54, 1.807) is 0 Å². The van der Waals surface area contributed by atoms with E-state index in [0.717, 1.165) is 103 Å². The summed E-state index contributed by atoms with van der Waals surface area (Å²) < 4.78 is 16.7. The van der Waals surface area contributed by atoms with E-state index < -0.39 is 6.10 Å². The number of esters is 3. The van der Waals surface area contributed by atoms with E-state index in [1.165, 1.54) is 57.8 Å². The van der Waals surface area contributed by atoms with E-state index in [-0.39, 0.29) is 37.5 Å². The van der Waals surface area contributed by atoms with Gasteiger partial charge in [0.05, 0.1) is 0 Å². The van der Waals surface area contributed by atoms with E-state index in [2.05, 4.69) is 106 Å². The van der Waals surface area contributed by atoms with Crippen LogP contribution in [0.1, 0.15) is 207 Å². The normalized spacial score (nSPS) is 12.9. The Bertz CT molecular complexity index is 1230. The van der Waals surface area contributed by atoms with Crippen LogP contribution in [0.25, 0.3) is 0 Å². The molecule has 0 aliphatic rings. The van der Waals surface area contributed by atoms with Crippen LogP contribution in [0.2, 0.25) is 0 Å². The van der Waals surface area contributed by atoms with E-state index >= 15 is 0 Å². The third-order valence-electron chi connectivity index (χ3n) is 9.85. The smallest absolute Gasteiger partial charge is 0.306 e. The zero-order chi connectivity index (χ0) is 43.7. The molecule has 0 aliphatic heterocycles. The fourth-order valence-electron chi connectivity index (χ4n) is 6.27. The van der Waals surface area contributed by atoms with Crippen LogP contribution in [0.3, 0.4) is 0 Å². The summed E-state index contributed by atoms with van der Waals surface area (Å²) in [6.45, 7) is 6.30. The van der Waals surface area contributed by atoms with Crippen LogP contribution in [-0.4, -0.2) is 37.2 Å². The Morgan fingerprint density at radius 2 is 0.683 bits per heavy atom. The number of unbranched alkanes of at least 4 members (excludes halogenated alkanes) is 15. The molecule has 0 radical (unpaired) electrons. The molecule has 0 aromatic heterocycles. The SMILES string of the molecule is CC/C=C\C/C=C\C/C=C\C/C=C\C/C=C\CCC(=O)OCC(COC(=O)CCCCCCCCCCCC)OC(=O)CCCCCCCC/C=C\C/C=C\C/C=C\CC. The lowest BCUT2D eigenvalue weighted by molar-refractivity contribution is -0.166. The van der Waals surface area contributed by atoms with Gasteiger partial charge in [0.25, 0.3) is 0 Å². The van der Waals surface area contributed by atoms with Crippen molar-refractivity contribution in [2.45, 2.75) is 213 Å². The van der Waals surface area contributed by atoms with Crippen molar-refractivity contribution in [1.29, 1.82) is 0 Å². The van der Waals surface area contributed by atoms with Gasteiger partial charge >= 0.3 is 17.9 Å². The van der Waals surface area contributed by atoms with Crippen LogP contribution < -0.4 is 0 Å². The summed E-state index contributed by atoms with van der Waals surface area (Å²) in [4.78, 5) is 37.8. The lowest BCUT2D eigenvalue weighted by atomic mass is 10.1. The molecule has 0 aromatic carbocycles. The molecule has 60 heavy (non-hydrogen) atoms. The lowest BCUT2D eigenvalue weighted by Crippen LogP contribution is -2.30. The molecule has 1 atom stereocenters. The van der Waals surface area contributed by atoms with Gasteiger partial charge in [-0.15, -0.1) is 0 Å². The summed E-state index contributed by atoms with van der Waals surface area (Å²) in [7, 11) is 0. The number of carbonyl (C=O) groups is 3. The summed E-state index contributed by atoms with van der Waals surface area (Å²) >= 11 is 0. The van der Waals surface area contributed by atoms with Gasteiger partial charge in [0.15, 0.2) is 6.10 Å². The summed E-state index contributed by atoms with van der Waals surface area (Å²) in [6, 6.07) is 0. The topological polar surface area (TPSA) is 78.9 Å². The second kappa shape index (κ2) is 48.0. The average Bonchev–Trinajstić information content (AvgIpc) is 3.24. The minimum absolute atomic E-state index is 0.106. The zero-order valence-electron chi connectivity index (χ0n) is 38.7. The molecular formula is C54H88O6. The van der Waals surface area contributed by atoms with E-state index in [4.69, 9.17) is 14.2 Å². The van der Waals surface area contributed by atoms with Gasteiger partial charge in [-0.05, 0) is 83.5 Å². The van der Waals surface area contributed by atoms with Gasteiger partial charge in [-0.2, -0.15) is 0 Å². The number of rotatable bonds is 42. The molecule has 0 spiro atoms. The highest BCUT2D eigenvalue weighted by Gasteiger charge is 2.19. The fourth-order valence-corrected chi connectivity index (χ4v) is 6.27. The van der Waals surface area contributed by atoms with Crippen molar-refractivity contribution in [3.8, 4) is 0 Å². The number of hydrogen-bond donors (Lipinski definition) is 0. The minimum Gasteiger partial charge on any atom is -0.462 e. The molecule has 1 unspecified atom stereocenters. The van der Waals surface area contributed by atoms with Crippen LogP contribution in [-0.2, 0) is 28.6 Å². The standard InChI is InChI=1S/C54H88O6/c1-4-7-10-13-16-19-22-24-26-28-30-32-35-38-41-44-47-53(56)59-50-51(49-58-52(55)46-43-40-37-34-21-18-15-12-9-6-3)60-54(57)48-45-42-39-36-33-31-29-27-25-23-20-17-14-11-8-5-2/h7-8,10-11,16-17,19-20,24-27,30,32,38,41,51H,4-6,9,12-15,18,21-23,28-29,31,33-37,39-40,42-50H2,1-3H3/b10-7-,11-8-,19-16-,20-17-,26-24-,27-25-,32-30-,41-38-. The molecule has 6 nitrogen and oxygen atoms in total. The molecule has 0 fully saturated rings. The van der Waals surface area contributed by atoms with Gasteiger partial charge in [0, 0.05) is 19.3 Å². The molecule has 6 heteroatoms. The molecule has 0 rings (SSSR count). The van der Waals surface area contributed by atoms with Crippen molar-refractivity contribution in [2.24, 2.45) is 0 Å². The van der Waals surface area contributed by atoms with Crippen LogP contribution >= 0.6 is 0 Å². The summed E-state index contributed by atoms with van der Waals surface area (Å²) in [5.74, 6) is -1.01. The third-order valence-corrected chi connectivity index (χ3v) is 9.85. The first-order valence-corrected chi connectivity index (χ1v) is 24.2. The highest BCUT2D eigenvalue weighted by molar-refractivity contribution is 5.71. The Balaban J connectivity index is 4.51. The highest BCUT2D eigenvalue weighted by Crippen LogP contribution is 2.13. The first-order chi connectivity index (χ1) is 29.5. The van der Waals surface area contributed by atoms with Gasteiger partial charge < -0.3 is 14.2 Å². The maximum absolute atomic E-state index is 12.8. The lowest BCUT2D eigenvalue weighted by Gasteiger charge is -2.18. The van der Waals surface area contributed by atoms with Crippen molar-refractivity contribution in [1.82, 2.24) is 0 Å². The molecule has 340 valence electrons. The molecule has 0 aliphatic carbocycles. The average molecular weight is 833 g/mol. The Morgan fingerprint density at radius 1 is 0.350 bits per heavy atom. The molecule has 0 heterocycles. The quantitative estimate of drug-likeness (QED) is 0.0264. The van der Waals surface area contributed by atoms with Gasteiger partial charge in [0.2, 0.25) is 0 Å². The molecule has 0 saturated heterocycles. The molecule has 0 saturated carbocycles. The molecule has 0 aromatic rings. The third kappa shape index (κ3) is 45.4. The van der Waals surface area contributed by atoms with Crippen LogP contribution in [0.5, 0.6) is 0 Å². The summed E-state index contributed by atoms with van der Waals surface area (Å²) in [5, 5.41) is 0. The largest absolute Gasteiger partial charge is 0.462 e. The predicted molar refractivity (Wildman–Crippen MR) is 256 cm³/mol. The van der Waals surface area contributed by atoms with Crippen LogP contribution in [0.15, 0.2) is 97.2 Å². The Labute approximate surface area is 368 Å².